The summed E-state index contributed by atoms with van der Waals surface area (Å²) in [5.41, 5.74) is -0.698. The van der Waals surface area contributed by atoms with Gasteiger partial charge in [-0.3, -0.25) is 9.59 Å². The van der Waals surface area contributed by atoms with Gasteiger partial charge in [0.05, 0.1) is 13.1 Å². The maximum atomic E-state index is 12.6. The first kappa shape index (κ1) is 15.7. The van der Waals surface area contributed by atoms with Gasteiger partial charge in [-0.25, -0.2) is 0 Å². The van der Waals surface area contributed by atoms with Crippen LogP contribution in [0, 0.1) is 10.8 Å². The lowest BCUT2D eigenvalue weighted by atomic mass is 9.90. The smallest absolute Gasteiger partial charge is 0.229 e. The Labute approximate surface area is 126 Å². The van der Waals surface area contributed by atoms with E-state index >= 15 is 0 Å². The number of hydrogen-bond donors (Lipinski definition) is 0. The largest absolute Gasteiger partial charge is 0.336 e. The van der Waals surface area contributed by atoms with Crippen LogP contribution in [0.25, 0.3) is 0 Å². The average Bonchev–Trinajstić information content (AvgIpc) is 2.66. The first-order valence-electron chi connectivity index (χ1n) is 7.23. The summed E-state index contributed by atoms with van der Waals surface area (Å²) in [6, 6.07) is 0. The number of nitrogens with zero attached hydrogens (tertiary/aromatic N) is 2. The molecule has 2 fully saturated rings. The molecule has 2 saturated heterocycles. The minimum absolute atomic E-state index is 0.161. The number of rotatable bonds is 0. The van der Waals surface area contributed by atoms with Crippen LogP contribution in [0.2, 0.25) is 0 Å². The summed E-state index contributed by atoms with van der Waals surface area (Å²) in [6.07, 6.45) is 0. The minimum Gasteiger partial charge on any atom is -0.336 e. The second kappa shape index (κ2) is 4.65. The molecule has 20 heavy (non-hydrogen) atoms. The van der Waals surface area contributed by atoms with Crippen molar-refractivity contribution in [1.29, 1.82) is 0 Å². The number of carbonyl (C=O) groups excluding carboxylic acids is 2. The molecule has 5 heteroatoms. The van der Waals surface area contributed by atoms with Gasteiger partial charge in [0.25, 0.3) is 0 Å². The molecule has 114 valence electrons. The number of likely N-dealkylation sites (tertiary alicyclic amines) is 1. The Kier molecular flexibility index (Phi) is 3.64. The molecule has 2 aliphatic heterocycles. The van der Waals surface area contributed by atoms with Crippen molar-refractivity contribution in [3.63, 3.8) is 0 Å². The van der Waals surface area contributed by atoms with Crippen molar-refractivity contribution in [2.45, 2.75) is 46.4 Å². The molecule has 2 rings (SSSR count). The highest BCUT2D eigenvalue weighted by molar-refractivity contribution is 8.01. The molecular formula is C15H26N2O2S. The van der Waals surface area contributed by atoms with Crippen LogP contribution in [-0.2, 0) is 9.59 Å². The van der Waals surface area contributed by atoms with Crippen LogP contribution >= 0.6 is 11.8 Å². The highest BCUT2D eigenvalue weighted by Gasteiger charge is 2.56. The summed E-state index contributed by atoms with van der Waals surface area (Å²) in [4.78, 5) is 28.6. The van der Waals surface area contributed by atoms with E-state index in [-0.39, 0.29) is 27.5 Å². The molecule has 0 aromatic rings. The Morgan fingerprint density at radius 1 is 0.950 bits per heavy atom. The third kappa shape index (κ3) is 2.57. The normalized spacial score (nSPS) is 22.1. The number of thioether (sulfide) groups is 1. The summed E-state index contributed by atoms with van der Waals surface area (Å²) in [5, 5.41) is 0. The zero-order valence-electron chi connectivity index (χ0n) is 13.4. The molecular weight excluding hydrogens is 272 g/mol. The van der Waals surface area contributed by atoms with Crippen LogP contribution in [-0.4, -0.2) is 51.9 Å². The fourth-order valence-corrected chi connectivity index (χ4v) is 4.21. The second-order valence-corrected chi connectivity index (χ2v) is 9.37. The average molecular weight is 298 g/mol. The van der Waals surface area contributed by atoms with Gasteiger partial charge in [0.1, 0.15) is 4.87 Å². The Hall–Kier alpha value is -0.710. The molecule has 0 aromatic heterocycles. The Balaban J connectivity index is 2.08. The van der Waals surface area contributed by atoms with Crippen molar-refractivity contribution in [2.75, 3.05) is 25.4 Å². The molecule has 0 atom stereocenters. The SMILES string of the molecule is CC(C)(C)C(=O)N1CC2(C1)SCCN2C(=O)C(C)(C)C. The van der Waals surface area contributed by atoms with Crippen molar-refractivity contribution in [1.82, 2.24) is 9.80 Å². The van der Waals surface area contributed by atoms with Gasteiger partial charge in [-0.1, -0.05) is 41.5 Å². The van der Waals surface area contributed by atoms with Crippen LogP contribution < -0.4 is 0 Å². The lowest BCUT2D eigenvalue weighted by molar-refractivity contribution is -0.157. The monoisotopic (exact) mass is 298 g/mol. The summed E-state index contributed by atoms with van der Waals surface area (Å²) in [7, 11) is 0. The van der Waals surface area contributed by atoms with Gasteiger partial charge in [-0.2, -0.15) is 0 Å². The first-order valence-corrected chi connectivity index (χ1v) is 8.21. The highest BCUT2D eigenvalue weighted by atomic mass is 32.2. The van der Waals surface area contributed by atoms with Gasteiger partial charge in [-0.15, -0.1) is 11.8 Å². The zero-order valence-corrected chi connectivity index (χ0v) is 14.3. The van der Waals surface area contributed by atoms with E-state index in [2.05, 4.69) is 0 Å². The van der Waals surface area contributed by atoms with E-state index in [1.807, 2.05) is 63.1 Å². The summed E-state index contributed by atoms with van der Waals surface area (Å²) in [5.74, 6) is 1.35. The van der Waals surface area contributed by atoms with Crippen molar-refractivity contribution >= 4 is 23.6 Å². The Morgan fingerprint density at radius 3 is 1.90 bits per heavy atom. The van der Waals surface area contributed by atoms with Gasteiger partial charge >= 0.3 is 0 Å². The predicted molar refractivity (Wildman–Crippen MR) is 82.4 cm³/mol. The van der Waals surface area contributed by atoms with Crippen LogP contribution in [0.5, 0.6) is 0 Å². The van der Waals surface area contributed by atoms with Crippen molar-refractivity contribution in [3.05, 3.63) is 0 Å². The van der Waals surface area contributed by atoms with Gasteiger partial charge in [0, 0.05) is 23.1 Å². The molecule has 2 amide bonds. The predicted octanol–water partition coefficient (Wildman–Crippen LogP) is 2.19. The van der Waals surface area contributed by atoms with Gasteiger partial charge < -0.3 is 9.80 Å². The van der Waals surface area contributed by atoms with E-state index < -0.39 is 0 Å². The maximum Gasteiger partial charge on any atom is 0.229 e. The molecule has 1 spiro atoms. The number of carbonyl (C=O) groups is 2. The lowest BCUT2D eigenvalue weighted by Crippen LogP contribution is -2.70. The molecule has 0 bridgehead atoms. The summed E-state index contributed by atoms with van der Waals surface area (Å²) >= 11 is 1.83. The summed E-state index contributed by atoms with van der Waals surface area (Å²) < 4.78 is 0. The quantitative estimate of drug-likeness (QED) is 0.688. The number of amides is 2. The van der Waals surface area contributed by atoms with E-state index in [4.69, 9.17) is 0 Å². The molecule has 0 aromatic carbocycles. The third-order valence-corrected chi connectivity index (χ3v) is 5.27. The lowest BCUT2D eigenvalue weighted by Gasteiger charge is -2.53. The molecule has 0 aliphatic carbocycles. The molecule has 0 N–H and O–H groups in total. The highest BCUT2D eigenvalue weighted by Crippen LogP contribution is 2.45. The first-order chi connectivity index (χ1) is 8.97. The molecule has 0 radical (unpaired) electrons. The van der Waals surface area contributed by atoms with Crippen molar-refractivity contribution in [2.24, 2.45) is 10.8 Å². The van der Waals surface area contributed by atoms with E-state index in [9.17, 15) is 9.59 Å². The Bertz CT molecular complexity index is 428. The molecule has 4 nitrogen and oxygen atoms in total. The topological polar surface area (TPSA) is 40.6 Å². The third-order valence-electron chi connectivity index (χ3n) is 3.87. The summed E-state index contributed by atoms with van der Waals surface area (Å²) in [6.45, 7) is 13.9. The van der Waals surface area contributed by atoms with E-state index in [1.54, 1.807) is 0 Å². The van der Waals surface area contributed by atoms with E-state index in [1.165, 1.54) is 0 Å². The Morgan fingerprint density at radius 2 is 1.45 bits per heavy atom. The second-order valence-electron chi connectivity index (χ2n) is 7.91. The van der Waals surface area contributed by atoms with Gasteiger partial charge in [0.2, 0.25) is 11.8 Å². The van der Waals surface area contributed by atoms with Crippen LogP contribution in [0.15, 0.2) is 0 Å². The van der Waals surface area contributed by atoms with E-state index in [0.29, 0.717) is 13.1 Å². The van der Waals surface area contributed by atoms with Crippen LogP contribution in [0.4, 0.5) is 0 Å². The van der Waals surface area contributed by atoms with Crippen molar-refractivity contribution < 1.29 is 9.59 Å². The molecule has 2 aliphatic rings. The number of hydrogen-bond acceptors (Lipinski definition) is 3. The fraction of sp³-hybridized carbons (Fsp3) is 0.867. The van der Waals surface area contributed by atoms with Gasteiger partial charge in [-0.05, 0) is 0 Å². The van der Waals surface area contributed by atoms with Gasteiger partial charge in [0.15, 0.2) is 0 Å². The molecule has 2 heterocycles. The zero-order chi connectivity index (χ0) is 15.3. The van der Waals surface area contributed by atoms with Crippen LogP contribution in [0.1, 0.15) is 41.5 Å². The molecule has 0 unspecified atom stereocenters. The fourth-order valence-electron chi connectivity index (χ4n) is 2.73. The standard InChI is InChI=1S/C15H26N2O2S/c1-13(2,3)11(18)16-9-15(10-16)17(7-8-20-15)12(19)14(4,5)6/h7-10H2,1-6H3. The van der Waals surface area contributed by atoms with E-state index in [0.717, 1.165) is 12.3 Å². The minimum atomic E-state index is -0.355. The molecule has 0 saturated carbocycles. The van der Waals surface area contributed by atoms with Crippen LogP contribution in [0.3, 0.4) is 0 Å². The van der Waals surface area contributed by atoms with Crippen molar-refractivity contribution in [3.8, 4) is 0 Å². The maximum absolute atomic E-state index is 12.6.